The molecule has 0 saturated carbocycles. The quantitative estimate of drug-likeness (QED) is 0.912. The zero-order chi connectivity index (χ0) is 18.8. The Morgan fingerprint density at radius 2 is 1.96 bits per heavy atom. The van der Waals surface area contributed by atoms with Crippen molar-refractivity contribution in [3.05, 3.63) is 40.4 Å². The molecular formula is C20H28N4O2. The summed E-state index contributed by atoms with van der Waals surface area (Å²) in [5.74, 6) is 1.81. The van der Waals surface area contributed by atoms with E-state index < -0.39 is 0 Å². The van der Waals surface area contributed by atoms with Crippen LogP contribution in [0.3, 0.4) is 0 Å². The number of hydrogen-bond donors (Lipinski definition) is 1. The summed E-state index contributed by atoms with van der Waals surface area (Å²) in [4.78, 5) is 36.4. The van der Waals surface area contributed by atoms with Crippen molar-refractivity contribution in [1.29, 1.82) is 0 Å². The Kier molecular flexibility index (Phi) is 5.41. The molecule has 2 heterocycles. The Labute approximate surface area is 154 Å². The lowest BCUT2D eigenvalue weighted by molar-refractivity contribution is -0.138. The number of carbonyl (C=O) groups is 1. The van der Waals surface area contributed by atoms with E-state index in [-0.39, 0.29) is 17.5 Å². The maximum Gasteiger partial charge on any atom is 0.258 e. The van der Waals surface area contributed by atoms with Gasteiger partial charge in [-0.3, -0.25) is 14.5 Å². The fourth-order valence-corrected chi connectivity index (χ4v) is 3.88. The second-order valence-electron chi connectivity index (χ2n) is 7.81. The predicted molar refractivity (Wildman–Crippen MR) is 103 cm³/mol. The van der Waals surface area contributed by atoms with Crippen molar-refractivity contribution in [1.82, 2.24) is 19.8 Å². The molecule has 3 rings (SSSR count). The monoisotopic (exact) mass is 356 g/mol. The molecule has 6 nitrogen and oxygen atoms in total. The molecule has 1 fully saturated rings. The Balaban J connectivity index is 1.72. The lowest BCUT2D eigenvalue weighted by Gasteiger charge is -2.38. The van der Waals surface area contributed by atoms with E-state index in [4.69, 9.17) is 0 Å². The van der Waals surface area contributed by atoms with Gasteiger partial charge < -0.3 is 9.88 Å². The minimum atomic E-state index is -0.260. The van der Waals surface area contributed by atoms with E-state index in [9.17, 15) is 9.59 Å². The number of nitrogens with one attached hydrogen (secondary N) is 1. The van der Waals surface area contributed by atoms with Crippen LogP contribution in [0.2, 0.25) is 0 Å². The number of H-pyrrole nitrogens is 1. The van der Waals surface area contributed by atoms with Crippen molar-refractivity contribution in [2.24, 2.45) is 11.8 Å². The molecule has 0 bridgehead atoms. The Hall–Kier alpha value is -2.21. The molecule has 26 heavy (non-hydrogen) atoms. The van der Waals surface area contributed by atoms with Gasteiger partial charge in [-0.05, 0) is 44.4 Å². The molecule has 1 aromatic heterocycles. The third-order valence-corrected chi connectivity index (χ3v) is 5.26. The largest absolute Gasteiger partial charge is 0.341 e. The number of benzene rings is 1. The van der Waals surface area contributed by atoms with Crippen molar-refractivity contribution in [2.75, 3.05) is 20.1 Å². The van der Waals surface area contributed by atoms with Gasteiger partial charge in [0.2, 0.25) is 5.91 Å². The predicted octanol–water partition coefficient (Wildman–Crippen LogP) is 2.25. The van der Waals surface area contributed by atoms with Crippen LogP contribution in [-0.4, -0.2) is 51.9 Å². The van der Waals surface area contributed by atoms with Gasteiger partial charge >= 0.3 is 0 Å². The Bertz CT molecular complexity index is 837. The van der Waals surface area contributed by atoms with E-state index >= 15 is 0 Å². The molecule has 0 spiro atoms. The molecular weight excluding hydrogens is 328 g/mol. The lowest BCUT2D eigenvalue weighted by Crippen LogP contribution is -2.50. The van der Waals surface area contributed by atoms with Gasteiger partial charge in [-0.2, -0.15) is 0 Å². The summed E-state index contributed by atoms with van der Waals surface area (Å²) in [7, 11) is 1.90. The number of para-hydroxylation sites is 1. The standard InChI is InChI=1S/C20H28N4O2/c1-13-9-14(2)11-24(10-13)20(26)15(3)23(4)12-18-21-17-8-6-5-7-16(17)19(25)22-18/h5-8,13-15H,9-12H2,1-4H3,(H,21,22,25)/t13-,14-,15+/m1/s1. The van der Waals surface area contributed by atoms with Crippen molar-refractivity contribution < 1.29 is 4.79 Å². The van der Waals surface area contributed by atoms with Crippen LogP contribution in [0, 0.1) is 11.8 Å². The number of aromatic nitrogens is 2. The highest BCUT2D eigenvalue weighted by molar-refractivity contribution is 5.81. The fourth-order valence-electron chi connectivity index (χ4n) is 3.88. The van der Waals surface area contributed by atoms with Crippen LogP contribution in [-0.2, 0) is 11.3 Å². The maximum atomic E-state index is 12.9. The maximum absolute atomic E-state index is 12.9. The fraction of sp³-hybridized carbons (Fsp3) is 0.550. The second-order valence-corrected chi connectivity index (χ2v) is 7.81. The summed E-state index contributed by atoms with van der Waals surface area (Å²) in [6, 6.07) is 7.03. The van der Waals surface area contributed by atoms with Crippen molar-refractivity contribution in [2.45, 2.75) is 39.8 Å². The first-order valence-electron chi connectivity index (χ1n) is 9.32. The summed E-state index contributed by atoms with van der Waals surface area (Å²) < 4.78 is 0. The molecule has 0 unspecified atom stereocenters. The average molecular weight is 356 g/mol. The van der Waals surface area contributed by atoms with Gasteiger partial charge in [0.15, 0.2) is 0 Å². The van der Waals surface area contributed by atoms with E-state index in [1.807, 2.05) is 42.0 Å². The molecule has 0 radical (unpaired) electrons. The SMILES string of the molecule is C[C@@H]1C[C@@H](C)CN(C(=O)[C@H](C)N(C)Cc2nc3ccccc3c(=O)[nH]2)C1. The van der Waals surface area contributed by atoms with Gasteiger partial charge in [-0.1, -0.05) is 26.0 Å². The Morgan fingerprint density at radius 1 is 1.31 bits per heavy atom. The van der Waals surface area contributed by atoms with Crippen LogP contribution in [0.4, 0.5) is 0 Å². The third-order valence-electron chi connectivity index (χ3n) is 5.26. The molecule has 1 amide bonds. The number of aromatic amines is 1. The second kappa shape index (κ2) is 7.58. The first kappa shape index (κ1) is 18.6. The van der Waals surface area contributed by atoms with Crippen LogP contribution in [0.1, 0.15) is 33.0 Å². The number of amides is 1. The minimum absolute atomic E-state index is 0.142. The molecule has 0 aliphatic carbocycles. The molecule has 1 saturated heterocycles. The van der Waals surface area contributed by atoms with Crippen LogP contribution >= 0.6 is 0 Å². The number of hydrogen-bond acceptors (Lipinski definition) is 4. The highest BCUT2D eigenvalue weighted by Crippen LogP contribution is 2.22. The summed E-state index contributed by atoms with van der Waals surface area (Å²) in [5, 5.41) is 0.583. The summed E-state index contributed by atoms with van der Waals surface area (Å²) in [6.07, 6.45) is 1.18. The van der Waals surface area contributed by atoms with E-state index in [1.165, 1.54) is 6.42 Å². The van der Waals surface area contributed by atoms with Gasteiger partial charge in [0.1, 0.15) is 5.82 Å². The van der Waals surface area contributed by atoms with Gasteiger partial charge in [0.05, 0.1) is 23.5 Å². The number of rotatable bonds is 4. The summed E-state index contributed by atoms with van der Waals surface area (Å²) >= 11 is 0. The number of piperidine rings is 1. The highest BCUT2D eigenvalue weighted by atomic mass is 16.2. The van der Waals surface area contributed by atoms with Crippen LogP contribution in [0.25, 0.3) is 10.9 Å². The van der Waals surface area contributed by atoms with E-state index in [1.54, 1.807) is 6.07 Å². The Morgan fingerprint density at radius 3 is 2.65 bits per heavy atom. The molecule has 1 aromatic carbocycles. The topological polar surface area (TPSA) is 69.3 Å². The zero-order valence-electron chi connectivity index (χ0n) is 16.0. The van der Waals surface area contributed by atoms with Crippen molar-refractivity contribution >= 4 is 16.8 Å². The minimum Gasteiger partial charge on any atom is -0.341 e. The number of carbonyl (C=O) groups excluding carboxylic acids is 1. The van der Waals surface area contributed by atoms with Gasteiger partial charge in [-0.15, -0.1) is 0 Å². The number of fused-ring (bicyclic) bond motifs is 1. The highest BCUT2D eigenvalue weighted by Gasteiger charge is 2.30. The summed E-state index contributed by atoms with van der Waals surface area (Å²) in [5.41, 5.74) is 0.536. The molecule has 2 aromatic rings. The van der Waals surface area contributed by atoms with Crippen LogP contribution < -0.4 is 5.56 Å². The van der Waals surface area contributed by atoms with E-state index in [2.05, 4.69) is 23.8 Å². The third kappa shape index (κ3) is 3.96. The summed E-state index contributed by atoms with van der Waals surface area (Å²) in [6.45, 7) is 8.40. The van der Waals surface area contributed by atoms with Crippen LogP contribution in [0.5, 0.6) is 0 Å². The molecule has 6 heteroatoms. The van der Waals surface area contributed by atoms with Crippen LogP contribution in [0.15, 0.2) is 29.1 Å². The normalized spacial score (nSPS) is 22.0. The zero-order valence-corrected chi connectivity index (χ0v) is 16.0. The molecule has 1 aliphatic heterocycles. The van der Waals surface area contributed by atoms with Gasteiger partial charge in [-0.25, -0.2) is 4.98 Å². The smallest absolute Gasteiger partial charge is 0.258 e. The number of nitrogens with zero attached hydrogens (tertiary/aromatic N) is 3. The first-order chi connectivity index (χ1) is 12.3. The molecule has 3 atom stereocenters. The number of likely N-dealkylation sites (tertiary alicyclic amines) is 1. The molecule has 1 aliphatic rings. The van der Waals surface area contributed by atoms with Crippen molar-refractivity contribution in [3.63, 3.8) is 0 Å². The molecule has 1 N–H and O–H groups in total. The molecule has 140 valence electrons. The first-order valence-corrected chi connectivity index (χ1v) is 9.32. The number of likely N-dealkylation sites (N-methyl/N-ethyl adjacent to an activating group) is 1. The van der Waals surface area contributed by atoms with E-state index in [0.29, 0.717) is 35.1 Å². The lowest BCUT2D eigenvalue weighted by atomic mass is 9.91. The average Bonchev–Trinajstić information content (AvgIpc) is 2.59. The van der Waals surface area contributed by atoms with Gasteiger partial charge in [0.25, 0.3) is 5.56 Å². The van der Waals surface area contributed by atoms with Gasteiger partial charge in [0, 0.05) is 13.1 Å². The van der Waals surface area contributed by atoms with E-state index in [0.717, 1.165) is 13.1 Å². The van der Waals surface area contributed by atoms with Crippen molar-refractivity contribution in [3.8, 4) is 0 Å².